The van der Waals surface area contributed by atoms with Crippen molar-refractivity contribution in [1.29, 1.82) is 0 Å². The van der Waals surface area contributed by atoms with Crippen LogP contribution in [-0.4, -0.2) is 51.8 Å². The van der Waals surface area contributed by atoms with Gasteiger partial charge in [0.15, 0.2) is 0 Å². The lowest BCUT2D eigenvalue weighted by Crippen LogP contribution is -2.38. The van der Waals surface area contributed by atoms with E-state index in [0.29, 0.717) is 10.7 Å². The first kappa shape index (κ1) is 17.7. The smallest absolute Gasteiger partial charge is 0.326 e. The second-order valence-electron chi connectivity index (χ2n) is 5.31. The first-order valence-electron chi connectivity index (χ1n) is 7.74. The Balaban J connectivity index is 1.59. The lowest BCUT2D eigenvalue weighted by Gasteiger charge is -2.12. The van der Waals surface area contributed by atoms with Crippen LogP contribution in [0.4, 0.5) is 9.59 Å². The minimum Gasteiger partial charge on any atom is -0.497 e. The summed E-state index contributed by atoms with van der Waals surface area (Å²) < 4.78 is 6.36. The molecular formula is C17H16N4O4S. The molecule has 1 aromatic carbocycles. The van der Waals surface area contributed by atoms with E-state index >= 15 is 0 Å². The Kier molecular flexibility index (Phi) is 5.37. The third-order valence-corrected chi connectivity index (χ3v) is 4.55. The number of rotatable bonds is 5. The van der Waals surface area contributed by atoms with Gasteiger partial charge in [0.1, 0.15) is 12.1 Å². The molecule has 1 saturated heterocycles. The zero-order valence-electron chi connectivity index (χ0n) is 13.9. The number of benzene rings is 1. The Labute approximate surface area is 153 Å². The van der Waals surface area contributed by atoms with E-state index in [1.807, 2.05) is 0 Å². The van der Waals surface area contributed by atoms with Gasteiger partial charge >= 0.3 is 6.03 Å². The van der Waals surface area contributed by atoms with Crippen LogP contribution in [0.1, 0.15) is 5.56 Å². The van der Waals surface area contributed by atoms with Gasteiger partial charge in [-0.25, -0.2) is 9.78 Å². The lowest BCUT2D eigenvalue weighted by atomic mass is 10.2. The summed E-state index contributed by atoms with van der Waals surface area (Å²) in [6.07, 6.45) is 6.02. The Morgan fingerprint density at radius 2 is 2.08 bits per heavy atom. The molecule has 0 aliphatic carbocycles. The molecule has 0 unspecified atom stereocenters. The fraction of sp³-hybridized carbons (Fsp3) is 0.176. The summed E-state index contributed by atoms with van der Waals surface area (Å²) in [5.41, 5.74) is 0.796. The fourth-order valence-corrected chi connectivity index (χ4v) is 3.15. The number of amides is 3. The van der Waals surface area contributed by atoms with Crippen molar-refractivity contribution in [3.63, 3.8) is 0 Å². The molecule has 2 heterocycles. The molecule has 134 valence electrons. The number of thioether (sulfide) groups is 1. The molecule has 9 heteroatoms. The minimum absolute atomic E-state index is 0.102. The standard InChI is InChI=1S/C17H16N4O4S/c1-25-13-4-2-12(3-5-13)10-14-15(22)21(17(24)26-14)9-7-19-16(23)20-8-6-18-11-20/h2-6,8,10-11H,7,9H2,1H3,(H,19,23)/b14-10+. The number of nitrogens with one attached hydrogen (secondary N) is 1. The van der Waals surface area contributed by atoms with E-state index in [4.69, 9.17) is 4.74 Å². The largest absolute Gasteiger partial charge is 0.497 e. The van der Waals surface area contributed by atoms with E-state index in [0.717, 1.165) is 22.2 Å². The van der Waals surface area contributed by atoms with Crippen molar-refractivity contribution < 1.29 is 19.1 Å². The van der Waals surface area contributed by atoms with Crippen molar-refractivity contribution in [1.82, 2.24) is 19.8 Å². The van der Waals surface area contributed by atoms with Crippen LogP contribution >= 0.6 is 11.8 Å². The summed E-state index contributed by atoms with van der Waals surface area (Å²) in [5, 5.41) is 2.27. The highest BCUT2D eigenvalue weighted by atomic mass is 32.2. The van der Waals surface area contributed by atoms with Crippen LogP contribution in [0.5, 0.6) is 5.75 Å². The maximum atomic E-state index is 12.4. The number of imidazole rings is 1. The van der Waals surface area contributed by atoms with Gasteiger partial charge in [0.05, 0.1) is 12.0 Å². The zero-order chi connectivity index (χ0) is 18.5. The highest BCUT2D eigenvalue weighted by Gasteiger charge is 2.34. The quantitative estimate of drug-likeness (QED) is 0.809. The van der Waals surface area contributed by atoms with E-state index < -0.39 is 0 Å². The SMILES string of the molecule is COc1ccc(/C=C2/SC(=O)N(CCNC(=O)n3ccnc3)C2=O)cc1. The summed E-state index contributed by atoms with van der Waals surface area (Å²) >= 11 is 0.883. The summed E-state index contributed by atoms with van der Waals surface area (Å²) in [4.78, 5) is 41.5. The molecule has 1 aliphatic heterocycles. The third-order valence-electron chi connectivity index (χ3n) is 3.64. The molecule has 0 spiro atoms. The number of hydrogen-bond donors (Lipinski definition) is 1. The minimum atomic E-state index is -0.372. The van der Waals surface area contributed by atoms with Crippen LogP contribution in [0.2, 0.25) is 0 Å². The lowest BCUT2D eigenvalue weighted by molar-refractivity contribution is -0.122. The van der Waals surface area contributed by atoms with Gasteiger partial charge in [0, 0.05) is 25.5 Å². The molecule has 1 N–H and O–H groups in total. The van der Waals surface area contributed by atoms with Gasteiger partial charge in [-0.2, -0.15) is 0 Å². The van der Waals surface area contributed by atoms with Gasteiger partial charge in [-0.15, -0.1) is 0 Å². The van der Waals surface area contributed by atoms with Crippen molar-refractivity contribution in [3.8, 4) is 5.75 Å². The van der Waals surface area contributed by atoms with E-state index in [2.05, 4.69) is 10.3 Å². The Morgan fingerprint density at radius 3 is 2.73 bits per heavy atom. The number of carbonyl (C=O) groups is 3. The molecule has 0 atom stereocenters. The number of hydrogen-bond acceptors (Lipinski definition) is 6. The van der Waals surface area contributed by atoms with E-state index in [1.165, 1.54) is 23.3 Å². The van der Waals surface area contributed by atoms with Crippen molar-refractivity contribution >= 4 is 35.0 Å². The van der Waals surface area contributed by atoms with Crippen molar-refractivity contribution in [2.75, 3.05) is 20.2 Å². The molecule has 2 aromatic rings. The first-order chi connectivity index (χ1) is 12.6. The van der Waals surface area contributed by atoms with Crippen molar-refractivity contribution in [3.05, 3.63) is 53.5 Å². The average molecular weight is 372 g/mol. The van der Waals surface area contributed by atoms with Crippen LogP contribution in [0.15, 0.2) is 47.9 Å². The number of ether oxygens (including phenoxy) is 1. The molecular weight excluding hydrogens is 356 g/mol. The molecule has 1 fully saturated rings. The highest BCUT2D eigenvalue weighted by molar-refractivity contribution is 8.18. The highest BCUT2D eigenvalue weighted by Crippen LogP contribution is 2.32. The normalized spacial score (nSPS) is 15.6. The molecule has 8 nitrogen and oxygen atoms in total. The predicted molar refractivity (Wildman–Crippen MR) is 96.7 cm³/mol. The van der Waals surface area contributed by atoms with Gasteiger partial charge in [-0.1, -0.05) is 12.1 Å². The number of carbonyl (C=O) groups excluding carboxylic acids is 3. The topological polar surface area (TPSA) is 93.5 Å². The summed E-state index contributed by atoms with van der Waals surface area (Å²) in [6, 6.07) is 6.79. The van der Waals surface area contributed by atoms with E-state index in [9.17, 15) is 14.4 Å². The predicted octanol–water partition coefficient (Wildman–Crippen LogP) is 2.19. The Morgan fingerprint density at radius 1 is 1.31 bits per heavy atom. The molecule has 1 aliphatic rings. The maximum Gasteiger partial charge on any atom is 0.326 e. The van der Waals surface area contributed by atoms with Crippen molar-refractivity contribution in [2.24, 2.45) is 0 Å². The monoisotopic (exact) mass is 372 g/mol. The van der Waals surface area contributed by atoms with Crippen LogP contribution in [0, 0.1) is 0 Å². The summed E-state index contributed by atoms with van der Waals surface area (Å²) in [5.74, 6) is 0.344. The van der Waals surface area contributed by atoms with Crippen molar-refractivity contribution in [2.45, 2.75) is 0 Å². The Bertz CT molecular complexity index is 846. The van der Waals surface area contributed by atoms with Gasteiger partial charge in [-0.3, -0.25) is 19.1 Å². The number of imide groups is 1. The third kappa shape index (κ3) is 3.94. The van der Waals surface area contributed by atoms with Gasteiger partial charge in [0.2, 0.25) is 0 Å². The molecule has 0 bridgehead atoms. The van der Waals surface area contributed by atoms with E-state index in [-0.39, 0.29) is 30.3 Å². The summed E-state index contributed by atoms with van der Waals surface area (Å²) in [6.45, 7) is 0.260. The molecule has 0 saturated carbocycles. The zero-order valence-corrected chi connectivity index (χ0v) is 14.7. The van der Waals surface area contributed by atoms with Crippen LogP contribution in [0.3, 0.4) is 0 Å². The Hall–Kier alpha value is -3.07. The summed E-state index contributed by atoms with van der Waals surface area (Å²) in [7, 11) is 1.58. The second-order valence-corrected chi connectivity index (χ2v) is 6.30. The number of methoxy groups -OCH3 is 1. The van der Waals surface area contributed by atoms with Gasteiger partial charge in [0.25, 0.3) is 11.1 Å². The fourth-order valence-electron chi connectivity index (χ4n) is 2.29. The van der Waals surface area contributed by atoms with Crippen LogP contribution in [-0.2, 0) is 4.79 Å². The number of nitrogens with zero attached hydrogens (tertiary/aromatic N) is 3. The maximum absolute atomic E-state index is 12.4. The van der Waals surface area contributed by atoms with E-state index in [1.54, 1.807) is 37.5 Å². The first-order valence-corrected chi connectivity index (χ1v) is 8.55. The van der Waals surface area contributed by atoms with Gasteiger partial charge < -0.3 is 10.1 Å². The number of aromatic nitrogens is 2. The van der Waals surface area contributed by atoms with Crippen LogP contribution in [0.25, 0.3) is 6.08 Å². The average Bonchev–Trinajstić information content (AvgIpc) is 3.27. The molecule has 0 radical (unpaired) electrons. The molecule has 26 heavy (non-hydrogen) atoms. The van der Waals surface area contributed by atoms with Gasteiger partial charge in [-0.05, 0) is 35.5 Å². The second kappa shape index (κ2) is 7.87. The molecule has 3 rings (SSSR count). The van der Waals surface area contributed by atoms with Crippen LogP contribution < -0.4 is 10.1 Å². The molecule has 3 amide bonds. The molecule has 1 aromatic heterocycles.